The first-order valence-electron chi connectivity index (χ1n) is 13.0. The number of hydrogen-bond acceptors (Lipinski definition) is 7. The van der Waals surface area contributed by atoms with Gasteiger partial charge in [0.1, 0.15) is 24.3 Å². The van der Waals surface area contributed by atoms with E-state index < -0.39 is 6.10 Å². The fourth-order valence-electron chi connectivity index (χ4n) is 4.62. The first-order chi connectivity index (χ1) is 18.0. The molecule has 2 aromatic rings. The van der Waals surface area contributed by atoms with E-state index >= 15 is 0 Å². The number of aliphatic hydroxyl groups excluding tert-OH is 1. The van der Waals surface area contributed by atoms with E-state index in [0.29, 0.717) is 50.6 Å². The van der Waals surface area contributed by atoms with E-state index in [1.807, 2.05) is 36.1 Å². The molecule has 9 heteroatoms. The number of benzene rings is 2. The van der Waals surface area contributed by atoms with Crippen LogP contribution in [-0.4, -0.2) is 117 Å². The summed E-state index contributed by atoms with van der Waals surface area (Å²) in [6, 6.07) is 13.4. The number of carbonyl (C=O) groups excluding carboxylic acids is 1. The lowest BCUT2D eigenvalue weighted by Gasteiger charge is -2.37. The van der Waals surface area contributed by atoms with Crippen LogP contribution in [0.1, 0.15) is 15.9 Å². The van der Waals surface area contributed by atoms with Crippen molar-refractivity contribution in [3.63, 3.8) is 0 Å². The van der Waals surface area contributed by atoms with Crippen molar-refractivity contribution in [1.82, 2.24) is 14.7 Å². The summed E-state index contributed by atoms with van der Waals surface area (Å²) in [5, 5.41) is 10.5. The normalized spacial score (nSPS) is 19.9. The van der Waals surface area contributed by atoms with E-state index in [9.17, 15) is 14.3 Å². The minimum absolute atomic E-state index is 0.00159. The quantitative estimate of drug-likeness (QED) is 0.491. The zero-order chi connectivity index (χ0) is 26.0. The fourth-order valence-corrected chi connectivity index (χ4v) is 4.62. The molecule has 2 aliphatic rings. The number of rotatable bonds is 11. The van der Waals surface area contributed by atoms with Gasteiger partial charge in [-0.25, -0.2) is 4.39 Å². The van der Waals surface area contributed by atoms with Gasteiger partial charge < -0.3 is 24.2 Å². The molecular weight excluding hydrogens is 477 g/mol. The largest absolute Gasteiger partial charge is 0.491 e. The Morgan fingerprint density at radius 2 is 1.78 bits per heavy atom. The summed E-state index contributed by atoms with van der Waals surface area (Å²) in [6.07, 6.45) is -0.853. The van der Waals surface area contributed by atoms with E-state index in [2.05, 4.69) is 9.80 Å². The van der Waals surface area contributed by atoms with Crippen LogP contribution in [0.2, 0.25) is 0 Å². The molecule has 2 saturated heterocycles. The van der Waals surface area contributed by atoms with Gasteiger partial charge in [-0.05, 0) is 43.3 Å². The number of β-amino-alcohol motifs (C(OH)–C–C–N with tert-alkyl or cyclic N) is 1. The van der Waals surface area contributed by atoms with Gasteiger partial charge in [-0.15, -0.1) is 0 Å². The van der Waals surface area contributed by atoms with Crippen molar-refractivity contribution < 1.29 is 28.5 Å². The molecule has 0 bridgehead atoms. The number of hydrogen-bond donors (Lipinski definition) is 1. The molecule has 4 rings (SSSR count). The van der Waals surface area contributed by atoms with Crippen molar-refractivity contribution in [3.05, 3.63) is 65.5 Å². The number of amides is 1. The van der Waals surface area contributed by atoms with Crippen molar-refractivity contribution in [2.75, 3.05) is 78.8 Å². The van der Waals surface area contributed by atoms with Crippen LogP contribution in [0.4, 0.5) is 4.39 Å². The highest BCUT2D eigenvalue weighted by atomic mass is 19.1. The topological polar surface area (TPSA) is 74.7 Å². The average molecular weight is 516 g/mol. The molecule has 202 valence electrons. The van der Waals surface area contributed by atoms with Gasteiger partial charge in [-0.3, -0.25) is 14.6 Å². The minimum Gasteiger partial charge on any atom is -0.491 e. The summed E-state index contributed by atoms with van der Waals surface area (Å²) >= 11 is 0. The van der Waals surface area contributed by atoms with Crippen LogP contribution in [0.3, 0.4) is 0 Å². The van der Waals surface area contributed by atoms with Gasteiger partial charge >= 0.3 is 0 Å². The molecule has 2 aliphatic heterocycles. The fraction of sp³-hybridized carbons (Fsp3) is 0.536. The third kappa shape index (κ3) is 8.76. The summed E-state index contributed by atoms with van der Waals surface area (Å²) < 4.78 is 30.2. The van der Waals surface area contributed by atoms with Gasteiger partial charge in [0.15, 0.2) is 0 Å². The van der Waals surface area contributed by atoms with Crippen LogP contribution in [-0.2, 0) is 9.47 Å². The van der Waals surface area contributed by atoms with E-state index in [1.54, 1.807) is 12.1 Å². The van der Waals surface area contributed by atoms with Gasteiger partial charge in [0.2, 0.25) is 0 Å². The highest BCUT2D eigenvalue weighted by Gasteiger charge is 2.27. The molecule has 0 aliphatic carbocycles. The van der Waals surface area contributed by atoms with Crippen molar-refractivity contribution in [3.8, 4) is 5.75 Å². The Kier molecular flexibility index (Phi) is 10.3. The summed E-state index contributed by atoms with van der Waals surface area (Å²) in [4.78, 5) is 19.8. The number of aryl methyl sites for hydroxylation is 1. The Bertz CT molecular complexity index is 969. The lowest BCUT2D eigenvalue weighted by Crippen LogP contribution is -2.52. The third-order valence-corrected chi connectivity index (χ3v) is 6.75. The van der Waals surface area contributed by atoms with Gasteiger partial charge in [0.25, 0.3) is 5.91 Å². The van der Waals surface area contributed by atoms with Crippen LogP contribution in [0.25, 0.3) is 0 Å². The molecule has 0 saturated carbocycles. The molecule has 2 heterocycles. The molecule has 0 aromatic heterocycles. The zero-order valence-electron chi connectivity index (χ0n) is 21.6. The average Bonchev–Trinajstić information content (AvgIpc) is 2.91. The maximum absolute atomic E-state index is 13.4. The van der Waals surface area contributed by atoms with E-state index in [-0.39, 0.29) is 24.4 Å². The minimum atomic E-state index is -0.699. The van der Waals surface area contributed by atoms with Crippen molar-refractivity contribution in [2.24, 2.45) is 0 Å². The molecule has 2 aromatic carbocycles. The summed E-state index contributed by atoms with van der Waals surface area (Å²) in [5.74, 6) is 0.194. The maximum atomic E-state index is 13.4. The number of aliphatic hydroxyl groups is 1. The predicted molar refractivity (Wildman–Crippen MR) is 138 cm³/mol. The molecule has 37 heavy (non-hydrogen) atoms. The van der Waals surface area contributed by atoms with Crippen LogP contribution < -0.4 is 4.74 Å². The van der Waals surface area contributed by atoms with E-state index in [0.717, 1.165) is 38.4 Å². The van der Waals surface area contributed by atoms with Crippen LogP contribution >= 0.6 is 0 Å². The lowest BCUT2D eigenvalue weighted by atomic mass is 10.1. The van der Waals surface area contributed by atoms with Gasteiger partial charge in [-0.1, -0.05) is 17.7 Å². The number of ether oxygens (including phenoxy) is 3. The number of morpholine rings is 2. The van der Waals surface area contributed by atoms with Crippen LogP contribution in [0.5, 0.6) is 5.75 Å². The standard InChI is InChI=1S/C28H38FN3O5/c1-22-2-4-23(5-3-22)28(34)32(11-10-30-12-15-35-16-13-30)20-27-19-31(14-17-36-27)18-25(33)21-37-26-8-6-24(29)7-9-26/h2-9,25,27,33H,10-21H2,1H3. The summed E-state index contributed by atoms with van der Waals surface area (Å²) in [7, 11) is 0. The van der Waals surface area contributed by atoms with Gasteiger partial charge in [0, 0.05) is 57.9 Å². The maximum Gasteiger partial charge on any atom is 0.253 e. The predicted octanol–water partition coefficient (Wildman–Crippen LogP) is 2.05. The number of nitrogens with zero attached hydrogens (tertiary/aromatic N) is 3. The highest BCUT2D eigenvalue weighted by Crippen LogP contribution is 2.14. The Balaban J connectivity index is 1.31. The van der Waals surface area contributed by atoms with Gasteiger partial charge in [-0.2, -0.15) is 0 Å². The Morgan fingerprint density at radius 3 is 2.51 bits per heavy atom. The molecule has 0 spiro atoms. The molecular formula is C28H38FN3O5. The van der Waals surface area contributed by atoms with Crippen molar-refractivity contribution >= 4 is 5.91 Å². The SMILES string of the molecule is Cc1ccc(C(=O)N(CCN2CCOCC2)CC2CN(CC(O)COc3ccc(F)cc3)CCO2)cc1. The summed E-state index contributed by atoms with van der Waals surface area (Å²) in [6.45, 7) is 9.47. The molecule has 1 amide bonds. The molecule has 1 N–H and O–H groups in total. The smallest absolute Gasteiger partial charge is 0.253 e. The first-order valence-corrected chi connectivity index (χ1v) is 13.0. The van der Waals surface area contributed by atoms with E-state index in [4.69, 9.17) is 14.2 Å². The van der Waals surface area contributed by atoms with Crippen LogP contribution in [0, 0.1) is 12.7 Å². The third-order valence-electron chi connectivity index (χ3n) is 6.75. The highest BCUT2D eigenvalue weighted by molar-refractivity contribution is 5.94. The number of halogens is 1. The monoisotopic (exact) mass is 515 g/mol. The second kappa shape index (κ2) is 13.8. The van der Waals surface area contributed by atoms with Crippen molar-refractivity contribution in [1.29, 1.82) is 0 Å². The molecule has 2 atom stereocenters. The zero-order valence-corrected chi connectivity index (χ0v) is 21.6. The Labute approximate surface area is 218 Å². The summed E-state index contributed by atoms with van der Waals surface area (Å²) in [5.41, 5.74) is 1.79. The lowest BCUT2D eigenvalue weighted by molar-refractivity contribution is -0.0545. The molecule has 2 unspecified atom stereocenters. The molecule has 8 nitrogen and oxygen atoms in total. The first kappa shape index (κ1) is 27.5. The molecule has 2 fully saturated rings. The molecule has 0 radical (unpaired) electrons. The number of carbonyl (C=O) groups is 1. The second-order valence-corrected chi connectivity index (χ2v) is 9.74. The van der Waals surface area contributed by atoms with Crippen molar-refractivity contribution in [2.45, 2.75) is 19.1 Å². The van der Waals surface area contributed by atoms with Gasteiger partial charge in [0.05, 0.1) is 25.9 Å². The van der Waals surface area contributed by atoms with E-state index in [1.165, 1.54) is 12.1 Å². The van der Waals surface area contributed by atoms with Crippen LogP contribution in [0.15, 0.2) is 48.5 Å². The Morgan fingerprint density at radius 1 is 1.08 bits per heavy atom. The second-order valence-electron chi connectivity index (χ2n) is 9.74. The Hall–Kier alpha value is -2.56.